The zero-order valence-corrected chi connectivity index (χ0v) is 34.4. The highest BCUT2D eigenvalue weighted by atomic mass is 31.2. The molecule has 0 saturated heterocycles. The fourth-order valence-corrected chi connectivity index (χ4v) is 6.73. The van der Waals surface area contributed by atoms with E-state index >= 15 is 0 Å². The third-order valence-corrected chi connectivity index (χ3v) is 10.1. The van der Waals surface area contributed by atoms with E-state index in [9.17, 15) is 19.4 Å². The number of phosphoric ester groups is 1. The molecule has 3 unspecified atom stereocenters. The molecule has 0 aromatic heterocycles. The smallest absolute Gasteiger partial charge is 0.387 e. The summed E-state index contributed by atoms with van der Waals surface area (Å²) in [5, 5.41) is 13.7. The summed E-state index contributed by atoms with van der Waals surface area (Å²) in [6.07, 6.45) is 47.3. The number of nitrogens with one attached hydrogen (secondary N) is 1. The van der Waals surface area contributed by atoms with Crippen LogP contribution in [-0.2, 0) is 18.4 Å². The number of nitrogens with two attached hydrogens (primary N) is 1. The Labute approximate surface area is 320 Å². The Morgan fingerprint density at radius 3 is 1.63 bits per heavy atom. The van der Waals surface area contributed by atoms with Gasteiger partial charge in [0.25, 0.3) is 0 Å². The highest BCUT2D eigenvalue weighted by Crippen LogP contribution is 2.43. The lowest BCUT2D eigenvalue weighted by Crippen LogP contribution is -2.45. The average Bonchev–Trinajstić information content (AvgIpc) is 3.13. The van der Waals surface area contributed by atoms with Crippen LogP contribution in [0.4, 0.5) is 0 Å². The number of hydrogen-bond acceptors (Lipinski definition) is 6. The summed E-state index contributed by atoms with van der Waals surface area (Å²) in [5.41, 5.74) is 5.37. The van der Waals surface area contributed by atoms with Crippen molar-refractivity contribution >= 4 is 13.7 Å². The van der Waals surface area contributed by atoms with E-state index in [0.29, 0.717) is 6.42 Å². The van der Waals surface area contributed by atoms with Gasteiger partial charge in [-0.25, -0.2) is 4.57 Å². The van der Waals surface area contributed by atoms with Crippen LogP contribution in [0.3, 0.4) is 0 Å². The summed E-state index contributed by atoms with van der Waals surface area (Å²) in [4.78, 5) is 22.7. The molecule has 5 N–H and O–H groups in total. The van der Waals surface area contributed by atoms with Gasteiger partial charge in [-0.05, 0) is 51.4 Å². The van der Waals surface area contributed by atoms with Crippen molar-refractivity contribution < 1.29 is 28.4 Å². The van der Waals surface area contributed by atoms with Crippen LogP contribution >= 0.6 is 7.82 Å². The Bertz CT molecular complexity index is 954. The maximum absolute atomic E-state index is 12.7. The number of carbonyl (C=O) groups excluding carboxylic acids is 1. The second-order valence-corrected chi connectivity index (χ2v) is 15.6. The molecule has 0 heterocycles. The first kappa shape index (κ1) is 50.5. The van der Waals surface area contributed by atoms with Crippen LogP contribution in [0.15, 0.2) is 48.6 Å². The summed E-state index contributed by atoms with van der Waals surface area (Å²) in [7, 11) is -4.34. The third kappa shape index (κ3) is 36.8. The molecule has 304 valence electrons. The maximum atomic E-state index is 12.7. The summed E-state index contributed by atoms with van der Waals surface area (Å²) in [6, 6.07) is -0.870. The van der Waals surface area contributed by atoms with E-state index in [0.717, 1.165) is 77.0 Å². The van der Waals surface area contributed by atoms with Gasteiger partial charge in [0, 0.05) is 13.0 Å². The zero-order chi connectivity index (χ0) is 38.2. The Morgan fingerprint density at radius 2 is 1.12 bits per heavy atom. The predicted molar refractivity (Wildman–Crippen MR) is 221 cm³/mol. The lowest BCUT2D eigenvalue weighted by molar-refractivity contribution is -0.123. The molecule has 9 heteroatoms. The second kappa shape index (κ2) is 39.2. The second-order valence-electron chi connectivity index (χ2n) is 14.2. The highest BCUT2D eigenvalue weighted by molar-refractivity contribution is 7.47. The highest BCUT2D eigenvalue weighted by Gasteiger charge is 2.26. The summed E-state index contributed by atoms with van der Waals surface area (Å²) >= 11 is 0. The first-order valence-electron chi connectivity index (χ1n) is 21.3. The van der Waals surface area contributed by atoms with E-state index in [1.54, 1.807) is 6.08 Å². The molecule has 0 aliphatic heterocycles. The monoisotopic (exact) mass is 753 g/mol. The van der Waals surface area contributed by atoms with Crippen LogP contribution in [-0.4, -0.2) is 47.8 Å². The standard InChI is InChI=1S/C43H81N2O6P/c1-3-5-7-9-11-13-15-17-19-20-21-23-24-26-28-30-32-34-36-42(46)41(40-51-52(48,49)50-39-38-44)45-43(47)37-35-33-31-29-27-25-22-18-16-14-12-10-8-6-4-2/h6,8,12,14,18,22,34,36,41-42,46H,3-5,7,9-11,13,15-17,19-21,23-33,35,37-40,44H2,1-2H3,(H,45,47)(H,48,49)/b8-6-,14-12-,22-18-,36-34+. The van der Waals surface area contributed by atoms with E-state index in [2.05, 4.69) is 55.6 Å². The Hall–Kier alpha value is -1.54. The van der Waals surface area contributed by atoms with Crippen LogP contribution in [0.2, 0.25) is 0 Å². The van der Waals surface area contributed by atoms with Crippen molar-refractivity contribution in [2.75, 3.05) is 19.8 Å². The molecule has 0 aliphatic carbocycles. The van der Waals surface area contributed by atoms with Gasteiger partial charge in [0.15, 0.2) is 0 Å². The van der Waals surface area contributed by atoms with Gasteiger partial charge in [-0.1, -0.05) is 178 Å². The molecule has 0 saturated carbocycles. The molecule has 0 fully saturated rings. The van der Waals surface area contributed by atoms with Gasteiger partial charge in [0.1, 0.15) is 0 Å². The Balaban J connectivity index is 4.26. The normalized spacial score (nSPS) is 14.6. The van der Waals surface area contributed by atoms with E-state index in [1.807, 2.05) is 6.08 Å². The van der Waals surface area contributed by atoms with E-state index < -0.39 is 20.0 Å². The third-order valence-electron chi connectivity index (χ3n) is 9.16. The van der Waals surface area contributed by atoms with Crippen molar-refractivity contribution in [1.29, 1.82) is 0 Å². The van der Waals surface area contributed by atoms with Gasteiger partial charge in [-0.2, -0.15) is 0 Å². The van der Waals surface area contributed by atoms with Crippen LogP contribution < -0.4 is 11.1 Å². The molecule has 0 aromatic carbocycles. The number of hydrogen-bond donors (Lipinski definition) is 4. The summed E-state index contributed by atoms with van der Waals surface area (Å²) in [6.45, 7) is 4.01. The van der Waals surface area contributed by atoms with Crippen molar-refractivity contribution in [2.45, 2.75) is 199 Å². The minimum absolute atomic E-state index is 0.0739. The van der Waals surface area contributed by atoms with Gasteiger partial charge < -0.3 is 21.1 Å². The molecule has 0 bridgehead atoms. The number of aliphatic hydroxyl groups excluding tert-OH is 1. The van der Waals surface area contributed by atoms with Crippen molar-refractivity contribution in [1.82, 2.24) is 5.32 Å². The fourth-order valence-electron chi connectivity index (χ4n) is 5.97. The average molecular weight is 753 g/mol. The zero-order valence-electron chi connectivity index (χ0n) is 33.5. The SMILES string of the molecule is CC/C=C\C/C=C\C/C=C\CCCCCCCC(=O)NC(COP(=O)(O)OCCN)C(O)/C=C/CCCCCCCCCCCCCCCCCC. The molecule has 3 atom stereocenters. The van der Waals surface area contributed by atoms with Crippen molar-refractivity contribution in [2.24, 2.45) is 5.73 Å². The number of unbranched alkanes of at least 4 members (excludes halogenated alkanes) is 21. The lowest BCUT2D eigenvalue weighted by Gasteiger charge is -2.23. The molecule has 8 nitrogen and oxygen atoms in total. The van der Waals surface area contributed by atoms with Gasteiger partial charge in [0.05, 0.1) is 25.4 Å². The van der Waals surface area contributed by atoms with Crippen molar-refractivity contribution in [3.05, 3.63) is 48.6 Å². The van der Waals surface area contributed by atoms with Crippen LogP contribution in [0, 0.1) is 0 Å². The van der Waals surface area contributed by atoms with Gasteiger partial charge >= 0.3 is 7.82 Å². The molecular formula is C43H81N2O6P. The number of carbonyl (C=O) groups is 1. The number of aliphatic hydroxyl groups is 1. The minimum atomic E-state index is -4.34. The number of allylic oxidation sites excluding steroid dienone is 7. The van der Waals surface area contributed by atoms with E-state index in [1.165, 1.54) is 89.9 Å². The number of rotatable bonds is 39. The van der Waals surface area contributed by atoms with Gasteiger partial charge in [-0.3, -0.25) is 13.8 Å². The fraction of sp³-hybridized carbons (Fsp3) is 0.791. The van der Waals surface area contributed by atoms with Crippen LogP contribution in [0.1, 0.15) is 187 Å². The number of amides is 1. The topological polar surface area (TPSA) is 131 Å². The largest absolute Gasteiger partial charge is 0.472 e. The quantitative estimate of drug-likeness (QED) is 0.0279. The first-order valence-corrected chi connectivity index (χ1v) is 22.8. The molecular weight excluding hydrogens is 671 g/mol. The van der Waals surface area contributed by atoms with E-state index in [-0.39, 0.29) is 25.7 Å². The molecule has 0 spiro atoms. The van der Waals surface area contributed by atoms with Crippen molar-refractivity contribution in [3.63, 3.8) is 0 Å². The molecule has 0 aromatic rings. The predicted octanol–water partition coefficient (Wildman–Crippen LogP) is 11.7. The van der Waals surface area contributed by atoms with Gasteiger partial charge in [-0.15, -0.1) is 0 Å². The van der Waals surface area contributed by atoms with Crippen LogP contribution in [0.25, 0.3) is 0 Å². The molecule has 0 aliphatic rings. The summed E-state index contributed by atoms with van der Waals surface area (Å²) < 4.78 is 22.1. The van der Waals surface area contributed by atoms with Gasteiger partial charge in [0.2, 0.25) is 5.91 Å². The first-order chi connectivity index (χ1) is 25.4. The summed E-state index contributed by atoms with van der Waals surface area (Å²) in [5.74, 6) is -0.212. The van der Waals surface area contributed by atoms with Crippen LogP contribution in [0.5, 0.6) is 0 Å². The maximum Gasteiger partial charge on any atom is 0.472 e. The minimum Gasteiger partial charge on any atom is -0.387 e. The lowest BCUT2D eigenvalue weighted by atomic mass is 10.0. The molecule has 1 amide bonds. The molecule has 52 heavy (non-hydrogen) atoms. The molecule has 0 rings (SSSR count). The molecule has 0 radical (unpaired) electrons. The number of phosphoric acid groups is 1. The Kier molecular flexibility index (Phi) is 38.0. The van der Waals surface area contributed by atoms with Crippen molar-refractivity contribution in [3.8, 4) is 0 Å². The van der Waals surface area contributed by atoms with E-state index in [4.69, 9.17) is 14.8 Å². The Morgan fingerprint density at radius 1 is 0.654 bits per heavy atom.